The summed E-state index contributed by atoms with van der Waals surface area (Å²) in [4.78, 5) is 17.2. The monoisotopic (exact) mass is 291 g/mol. The van der Waals surface area contributed by atoms with Gasteiger partial charge in [-0.25, -0.2) is 0 Å². The number of aliphatic imine (C=N–C) groups is 1. The number of amides is 1. The zero-order valence-corrected chi connectivity index (χ0v) is 12.6. The first kappa shape index (κ1) is 15.5. The first-order valence-electron chi connectivity index (χ1n) is 5.72. The molecule has 1 aliphatic heterocycles. The quantitative estimate of drug-likeness (QED) is 0.463. The van der Waals surface area contributed by atoms with Gasteiger partial charge in [-0.15, -0.1) is 11.8 Å². The van der Waals surface area contributed by atoms with Crippen LogP contribution in [0.15, 0.2) is 4.99 Å². The molecule has 1 saturated heterocycles. The van der Waals surface area contributed by atoms with Crippen molar-refractivity contribution in [3.05, 3.63) is 0 Å². The molecule has 1 heterocycles. The van der Waals surface area contributed by atoms with Crippen LogP contribution in [0.5, 0.6) is 0 Å². The summed E-state index contributed by atoms with van der Waals surface area (Å²) in [6.07, 6.45) is -0.690. The van der Waals surface area contributed by atoms with E-state index < -0.39 is 11.7 Å². The van der Waals surface area contributed by atoms with Crippen molar-refractivity contribution in [2.45, 2.75) is 32.4 Å². The van der Waals surface area contributed by atoms with E-state index in [1.807, 2.05) is 0 Å². The molecule has 7 heteroatoms. The lowest BCUT2D eigenvalue weighted by Crippen LogP contribution is -2.40. The Bertz CT molecular complexity index is 329. The van der Waals surface area contributed by atoms with Gasteiger partial charge in [-0.2, -0.15) is 12.6 Å². The maximum absolute atomic E-state index is 11.9. The van der Waals surface area contributed by atoms with Gasteiger partial charge in [-0.05, 0) is 0 Å². The highest BCUT2D eigenvalue weighted by Gasteiger charge is 2.27. The van der Waals surface area contributed by atoms with Gasteiger partial charge in [0.2, 0.25) is 5.91 Å². The Balaban J connectivity index is 2.47. The third kappa shape index (κ3) is 4.97. The van der Waals surface area contributed by atoms with E-state index in [9.17, 15) is 9.90 Å². The third-order valence-corrected chi connectivity index (χ3v) is 3.75. The Morgan fingerprint density at radius 1 is 1.61 bits per heavy atom. The summed E-state index contributed by atoms with van der Waals surface area (Å²) < 4.78 is 5.01. The van der Waals surface area contributed by atoms with Gasteiger partial charge in [0, 0.05) is 17.1 Å². The molecular formula is C11H19N2O3S2-. The van der Waals surface area contributed by atoms with Crippen molar-refractivity contribution in [1.82, 2.24) is 4.90 Å². The molecule has 1 unspecified atom stereocenters. The SMILES string of the molecule is CC(C)(C)OC([O-])=NCC(=O)N1CSCC1CS. The predicted octanol–water partition coefficient (Wildman–Crippen LogP) is 0.349. The fourth-order valence-electron chi connectivity index (χ4n) is 1.43. The standard InChI is InChI=1S/C11H20N2O3S2/c1-11(2,3)16-10(15)12-4-9(14)13-7-18-6-8(13)5-17/h8,17H,4-7H2,1-3H3,(H,12,15)/p-1. The Morgan fingerprint density at radius 2 is 2.28 bits per heavy atom. The summed E-state index contributed by atoms with van der Waals surface area (Å²) in [5, 5.41) is 11.3. The molecule has 0 radical (unpaired) electrons. The average molecular weight is 291 g/mol. The molecule has 0 aromatic heterocycles. The molecule has 0 aromatic rings. The zero-order chi connectivity index (χ0) is 13.8. The number of carbonyl (C=O) groups is 1. The normalized spacial score (nSPS) is 21.2. The molecule has 1 amide bonds. The fraction of sp³-hybridized carbons (Fsp3) is 0.818. The van der Waals surface area contributed by atoms with E-state index in [0.717, 1.165) is 5.75 Å². The molecule has 0 spiro atoms. The summed E-state index contributed by atoms with van der Waals surface area (Å²) >= 11 is 5.89. The van der Waals surface area contributed by atoms with Crippen LogP contribution in [0.2, 0.25) is 0 Å². The van der Waals surface area contributed by atoms with E-state index in [4.69, 9.17) is 4.74 Å². The van der Waals surface area contributed by atoms with E-state index in [1.54, 1.807) is 37.4 Å². The summed E-state index contributed by atoms with van der Waals surface area (Å²) in [5.74, 6) is 2.02. The van der Waals surface area contributed by atoms with Crippen molar-refractivity contribution < 1.29 is 14.6 Å². The number of ether oxygens (including phenoxy) is 1. The minimum atomic E-state index is -0.690. The average Bonchev–Trinajstić information content (AvgIpc) is 2.71. The highest BCUT2D eigenvalue weighted by atomic mass is 32.2. The number of nitrogens with zero attached hydrogens (tertiary/aromatic N) is 2. The lowest BCUT2D eigenvalue weighted by atomic mass is 10.2. The Labute approximate surface area is 117 Å². The molecule has 1 atom stereocenters. The zero-order valence-electron chi connectivity index (χ0n) is 10.9. The summed E-state index contributed by atoms with van der Waals surface area (Å²) in [6, 6.07) is 0.139. The van der Waals surface area contributed by atoms with Gasteiger partial charge in [-0.3, -0.25) is 9.79 Å². The molecule has 0 aromatic carbocycles. The molecule has 0 saturated carbocycles. The van der Waals surface area contributed by atoms with Crippen molar-refractivity contribution in [2.24, 2.45) is 4.99 Å². The van der Waals surface area contributed by atoms with E-state index >= 15 is 0 Å². The summed E-state index contributed by atoms with van der Waals surface area (Å²) in [6.45, 7) is 5.13. The van der Waals surface area contributed by atoms with Crippen LogP contribution in [-0.2, 0) is 9.53 Å². The van der Waals surface area contributed by atoms with Crippen LogP contribution in [0, 0.1) is 0 Å². The second kappa shape index (κ2) is 6.56. The molecule has 0 aliphatic carbocycles. The highest BCUT2D eigenvalue weighted by Crippen LogP contribution is 2.21. The van der Waals surface area contributed by atoms with Gasteiger partial charge in [0.15, 0.2) is 0 Å². The second-order valence-corrected chi connectivity index (χ2v) is 6.36. The molecule has 104 valence electrons. The van der Waals surface area contributed by atoms with Crippen LogP contribution < -0.4 is 5.11 Å². The second-order valence-electron chi connectivity index (χ2n) is 5.00. The Hall–Kier alpha value is -0.560. The van der Waals surface area contributed by atoms with Crippen molar-refractivity contribution in [1.29, 1.82) is 0 Å². The van der Waals surface area contributed by atoms with Crippen LogP contribution in [0.25, 0.3) is 0 Å². The van der Waals surface area contributed by atoms with Crippen LogP contribution in [0.4, 0.5) is 0 Å². The molecular weight excluding hydrogens is 272 g/mol. The number of hydrogen-bond acceptors (Lipinski definition) is 6. The molecule has 0 bridgehead atoms. The Morgan fingerprint density at radius 3 is 2.83 bits per heavy atom. The van der Waals surface area contributed by atoms with Crippen molar-refractivity contribution in [3.8, 4) is 0 Å². The predicted molar refractivity (Wildman–Crippen MR) is 75.0 cm³/mol. The maximum atomic E-state index is 11.9. The molecule has 1 fully saturated rings. The number of thioether (sulfide) groups is 1. The van der Waals surface area contributed by atoms with Crippen molar-refractivity contribution in [2.75, 3.05) is 23.9 Å². The minimum absolute atomic E-state index is 0.139. The number of rotatable bonds is 3. The number of thiol groups is 1. The number of carbonyl (C=O) groups excluding carboxylic acids is 1. The van der Waals surface area contributed by atoms with Gasteiger partial charge >= 0.3 is 0 Å². The van der Waals surface area contributed by atoms with Crippen LogP contribution in [0.3, 0.4) is 0 Å². The van der Waals surface area contributed by atoms with E-state index in [-0.39, 0.29) is 18.5 Å². The molecule has 1 aliphatic rings. The number of hydrogen-bond donors (Lipinski definition) is 1. The summed E-state index contributed by atoms with van der Waals surface area (Å²) in [7, 11) is 0. The van der Waals surface area contributed by atoms with E-state index in [2.05, 4.69) is 17.6 Å². The largest absolute Gasteiger partial charge is 0.595 e. The van der Waals surface area contributed by atoms with Gasteiger partial charge in [-0.1, -0.05) is 20.8 Å². The third-order valence-electron chi connectivity index (χ3n) is 2.25. The minimum Gasteiger partial charge on any atom is -0.595 e. The van der Waals surface area contributed by atoms with Crippen LogP contribution in [-0.4, -0.2) is 52.5 Å². The molecule has 1 rings (SSSR count). The van der Waals surface area contributed by atoms with Gasteiger partial charge in [0.1, 0.15) is 12.6 Å². The lowest BCUT2D eigenvalue weighted by molar-refractivity contribution is -0.260. The molecule has 0 N–H and O–H groups in total. The van der Waals surface area contributed by atoms with E-state index in [1.165, 1.54) is 0 Å². The smallest absolute Gasteiger partial charge is 0.245 e. The maximum Gasteiger partial charge on any atom is 0.245 e. The van der Waals surface area contributed by atoms with E-state index in [0.29, 0.717) is 11.6 Å². The molecule has 5 nitrogen and oxygen atoms in total. The lowest BCUT2D eigenvalue weighted by Gasteiger charge is -2.29. The van der Waals surface area contributed by atoms with Crippen molar-refractivity contribution in [3.63, 3.8) is 0 Å². The summed E-state index contributed by atoms with van der Waals surface area (Å²) in [5.41, 5.74) is -0.583. The van der Waals surface area contributed by atoms with Gasteiger partial charge < -0.3 is 14.7 Å². The molecule has 18 heavy (non-hydrogen) atoms. The van der Waals surface area contributed by atoms with Crippen molar-refractivity contribution >= 4 is 36.4 Å². The first-order valence-corrected chi connectivity index (χ1v) is 7.51. The first-order chi connectivity index (χ1) is 8.33. The Kier molecular flexibility index (Phi) is 5.65. The van der Waals surface area contributed by atoms with Gasteiger partial charge in [0.25, 0.3) is 0 Å². The fourth-order valence-corrected chi connectivity index (χ4v) is 3.15. The topological polar surface area (TPSA) is 65.0 Å². The highest BCUT2D eigenvalue weighted by molar-refractivity contribution is 7.99. The van der Waals surface area contributed by atoms with Crippen LogP contribution in [0.1, 0.15) is 20.8 Å². The van der Waals surface area contributed by atoms with Crippen LogP contribution >= 0.6 is 24.4 Å². The van der Waals surface area contributed by atoms with Gasteiger partial charge in [0.05, 0.1) is 11.9 Å².